The summed E-state index contributed by atoms with van der Waals surface area (Å²) in [5.41, 5.74) is 5.48. The number of piperidine rings is 1. The van der Waals surface area contributed by atoms with Gasteiger partial charge in [0.2, 0.25) is 0 Å². The van der Waals surface area contributed by atoms with Gasteiger partial charge in [0.1, 0.15) is 5.82 Å². The van der Waals surface area contributed by atoms with Crippen LogP contribution in [0.5, 0.6) is 0 Å². The van der Waals surface area contributed by atoms with Crippen molar-refractivity contribution in [1.82, 2.24) is 9.47 Å². The zero-order chi connectivity index (χ0) is 24.5. The predicted octanol–water partition coefficient (Wildman–Crippen LogP) is 3.73. The van der Waals surface area contributed by atoms with Crippen molar-refractivity contribution in [3.63, 3.8) is 0 Å². The van der Waals surface area contributed by atoms with Gasteiger partial charge in [-0.1, -0.05) is 25.1 Å². The molecule has 0 spiro atoms. The summed E-state index contributed by atoms with van der Waals surface area (Å²) >= 11 is 0. The van der Waals surface area contributed by atoms with Crippen LogP contribution in [0.4, 0.5) is 18.9 Å². The number of fused-ring (bicyclic) bond motifs is 1. The number of benzene rings is 1. The molecule has 2 unspecified atom stereocenters. The predicted molar refractivity (Wildman–Crippen MR) is 123 cm³/mol. The molecule has 2 saturated carbocycles. The summed E-state index contributed by atoms with van der Waals surface area (Å²) in [5.74, 6) is -0.748. The second kappa shape index (κ2) is 8.15. The molecule has 1 aliphatic heterocycles. The number of carbonyl (C=O) groups excluding carboxylic acids is 1. The zero-order valence-electron chi connectivity index (χ0n) is 19.4. The maximum atomic E-state index is 15.2. The molecule has 182 valence electrons. The molecule has 2 N–H and O–H groups in total. The Morgan fingerprint density at radius 3 is 2.38 bits per heavy atom. The van der Waals surface area contributed by atoms with Gasteiger partial charge < -0.3 is 20.1 Å². The van der Waals surface area contributed by atoms with E-state index in [-0.39, 0.29) is 40.6 Å². The van der Waals surface area contributed by atoms with Crippen molar-refractivity contribution in [3.05, 3.63) is 63.3 Å². The van der Waals surface area contributed by atoms with Crippen molar-refractivity contribution < 1.29 is 18.0 Å². The summed E-state index contributed by atoms with van der Waals surface area (Å²) in [6, 6.07) is 4.68. The Morgan fingerprint density at radius 2 is 1.82 bits per heavy atom. The lowest BCUT2D eigenvalue weighted by atomic mass is 10.0. The van der Waals surface area contributed by atoms with E-state index in [1.165, 1.54) is 24.4 Å². The second-order valence-electron chi connectivity index (χ2n) is 10.1. The number of rotatable bonds is 7. The van der Waals surface area contributed by atoms with Crippen LogP contribution in [0.25, 0.3) is 0 Å². The molecule has 5 rings (SSSR count). The Morgan fingerprint density at radius 1 is 1.21 bits per heavy atom. The lowest BCUT2D eigenvalue weighted by Crippen LogP contribution is -2.38. The van der Waals surface area contributed by atoms with Gasteiger partial charge in [-0.15, -0.1) is 0 Å². The standard InChI is InChI=1S/C25H29F3N4O2/c1-12-7-19(12)31-11-18(25(29)34)20(8-21(31)33)32(23-16-9-30(3)10-17(16)23)13(2)14-5-4-6-15(22(14)26)24(27)28/h4-6,8,11-13,16-17,19,23-24H,7,9-10H2,1-3H3,(H2,29,34)/t12-,13+,16?,17?,19-,23?/m0/s1. The van der Waals surface area contributed by atoms with Crippen LogP contribution < -0.4 is 16.2 Å². The molecule has 0 radical (unpaired) electrons. The van der Waals surface area contributed by atoms with Crippen molar-refractivity contribution in [2.45, 2.75) is 44.8 Å². The number of primary amides is 1. The van der Waals surface area contributed by atoms with Gasteiger partial charge in [0.05, 0.1) is 22.9 Å². The van der Waals surface area contributed by atoms with Gasteiger partial charge in [0.15, 0.2) is 0 Å². The molecule has 1 aromatic carbocycles. The molecular weight excluding hydrogens is 445 g/mol. The monoisotopic (exact) mass is 474 g/mol. The van der Waals surface area contributed by atoms with Gasteiger partial charge in [-0.05, 0) is 38.1 Å². The average molecular weight is 475 g/mol. The Labute approximate surface area is 196 Å². The first-order valence-electron chi connectivity index (χ1n) is 11.7. The maximum absolute atomic E-state index is 15.2. The van der Waals surface area contributed by atoms with Gasteiger partial charge in [0, 0.05) is 43.0 Å². The Balaban J connectivity index is 1.63. The zero-order valence-corrected chi connectivity index (χ0v) is 19.4. The number of hydrogen-bond acceptors (Lipinski definition) is 4. The minimum Gasteiger partial charge on any atom is -0.365 e. The van der Waals surface area contributed by atoms with Gasteiger partial charge in [-0.3, -0.25) is 9.59 Å². The first kappa shape index (κ1) is 23.0. The molecule has 5 atom stereocenters. The number of pyridine rings is 1. The SMILES string of the molecule is C[C@H](c1cccc(C(F)F)c1F)N(c1cc(=O)n([C@H]2C[C@@H]2C)cc1C(N)=O)C1C2CN(C)CC21. The number of aromatic nitrogens is 1. The van der Waals surface area contributed by atoms with Crippen LogP contribution in [0.15, 0.2) is 35.3 Å². The van der Waals surface area contributed by atoms with Crippen molar-refractivity contribution >= 4 is 11.6 Å². The Bertz CT molecular complexity index is 1190. The van der Waals surface area contributed by atoms with Gasteiger partial charge >= 0.3 is 0 Å². The Kier molecular flexibility index (Phi) is 5.50. The minimum atomic E-state index is -2.94. The number of alkyl halides is 2. The molecule has 3 fully saturated rings. The van der Waals surface area contributed by atoms with E-state index < -0.39 is 29.8 Å². The number of nitrogens with two attached hydrogens (primary N) is 1. The first-order chi connectivity index (χ1) is 16.1. The number of likely N-dealkylation sites (tertiary alicyclic amines) is 1. The van der Waals surface area contributed by atoms with Gasteiger partial charge in [-0.25, -0.2) is 13.2 Å². The summed E-state index contributed by atoms with van der Waals surface area (Å²) in [6.07, 6.45) is -0.577. The lowest BCUT2D eigenvalue weighted by Gasteiger charge is -2.36. The van der Waals surface area contributed by atoms with Gasteiger partial charge in [-0.2, -0.15) is 0 Å². The normalized spacial score (nSPS) is 28.6. The van der Waals surface area contributed by atoms with Crippen LogP contribution in [0.2, 0.25) is 0 Å². The van der Waals surface area contributed by atoms with Gasteiger partial charge in [0.25, 0.3) is 17.9 Å². The highest BCUT2D eigenvalue weighted by atomic mass is 19.3. The summed E-state index contributed by atoms with van der Waals surface area (Å²) in [6.45, 7) is 5.43. The fourth-order valence-electron chi connectivity index (χ4n) is 5.85. The van der Waals surface area contributed by atoms with Crippen molar-refractivity contribution in [2.24, 2.45) is 23.5 Å². The van der Waals surface area contributed by atoms with Crippen molar-refractivity contribution in [2.75, 3.05) is 25.0 Å². The number of halogens is 3. The summed E-state index contributed by atoms with van der Waals surface area (Å²) in [4.78, 5) is 29.7. The van der Waals surface area contributed by atoms with E-state index >= 15 is 4.39 Å². The minimum absolute atomic E-state index is 0.0275. The van der Waals surface area contributed by atoms with E-state index in [4.69, 9.17) is 5.73 Å². The van der Waals surface area contributed by atoms with Crippen LogP contribution in [0, 0.1) is 23.6 Å². The van der Waals surface area contributed by atoms with E-state index in [0.717, 1.165) is 25.6 Å². The summed E-state index contributed by atoms with van der Waals surface area (Å²) in [5, 5.41) is 0. The summed E-state index contributed by atoms with van der Waals surface area (Å²) in [7, 11) is 2.02. The molecule has 1 aromatic heterocycles. The third-order valence-corrected chi connectivity index (χ3v) is 7.84. The molecule has 1 amide bonds. The third-order valence-electron chi connectivity index (χ3n) is 7.84. The first-order valence-corrected chi connectivity index (χ1v) is 11.7. The molecule has 2 aromatic rings. The van der Waals surface area contributed by atoms with Crippen LogP contribution in [-0.2, 0) is 0 Å². The van der Waals surface area contributed by atoms with Crippen molar-refractivity contribution in [1.29, 1.82) is 0 Å². The van der Waals surface area contributed by atoms with Crippen LogP contribution >= 0.6 is 0 Å². The van der Waals surface area contributed by atoms with E-state index in [0.29, 0.717) is 11.6 Å². The molecule has 6 nitrogen and oxygen atoms in total. The summed E-state index contributed by atoms with van der Waals surface area (Å²) < 4.78 is 43.6. The molecule has 1 saturated heterocycles. The van der Waals surface area contributed by atoms with E-state index in [1.54, 1.807) is 11.5 Å². The molecule has 2 heterocycles. The highest BCUT2D eigenvalue weighted by Gasteiger charge is 2.59. The molecule has 2 aliphatic carbocycles. The molecule has 34 heavy (non-hydrogen) atoms. The number of nitrogens with zero attached hydrogens (tertiary/aromatic N) is 3. The smallest absolute Gasteiger partial charge is 0.266 e. The average Bonchev–Trinajstić information content (AvgIpc) is 3.61. The number of carbonyl (C=O) groups is 1. The quantitative estimate of drug-likeness (QED) is 0.664. The van der Waals surface area contributed by atoms with Crippen LogP contribution in [0.3, 0.4) is 0 Å². The molecular formula is C25H29F3N4O2. The van der Waals surface area contributed by atoms with E-state index in [1.807, 2.05) is 18.9 Å². The largest absolute Gasteiger partial charge is 0.365 e. The van der Waals surface area contributed by atoms with E-state index in [9.17, 15) is 18.4 Å². The number of amides is 1. The Hall–Kier alpha value is -2.81. The maximum Gasteiger partial charge on any atom is 0.266 e. The van der Waals surface area contributed by atoms with E-state index in [2.05, 4.69) is 4.90 Å². The second-order valence-corrected chi connectivity index (χ2v) is 10.1. The highest BCUT2D eigenvalue weighted by molar-refractivity contribution is 5.98. The fourth-order valence-corrected chi connectivity index (χ4v) is 5.85. The topological polar surface area (TPSA) is 71.6 Å². The molecule has 3 aliphatic rings. The number of hydrogen-bond donors (Lipinski definition) is 1. The van der Waals surface area contributed by atoms with Crippen molar-refractivity contribution in [3.8, 4) is 0 Å². The highest BCUT2D eigenvalue weighted by Crippen LogP contribution is 2.53. The fraction of sp³-hybridized carbons (Fsp3) is 0.520. The lowest BCUT2D eigenvalue weighted by molar-refractivity contribution is 0.0999. The molecule has 0 bridgehead atoms. The van der Waals surface area contributed by atoms with Crippen LogP contribution in [-0.4, -0.2) is 41.6 Å². The third kappa shape index (κ3) is 3.70. The number of anilines is 1. The van der Waals surface area contributed by atoms with Crippen LogP contribution in [0.1, 0.15) is 60.3 Å². The molecule has 9 heteroatoms.